The molecule has 4 aromatic rings. The number of hydrogen-bond donors (Lipinski definition) is 2. The van der Waals surface area contributed by atoms with Crippen LogP contribution in [0, 0.1) is 5.82 Å². The van der Waals surface area contributed by atoms with Gasteiger partial charge in [-0.25, -0.2) is 18.5 Å². The number of fused-ring (bicyclic) bond motifs is 1. The molecule has 152 valence electrons. The molecule has 0 radical (unpaired) electrons. The SMILES string of the molecule is O=C(O)c1scc2[nH]c(=O)n(-c3cc(OCc4cccc(F)c4)ccc3Cl)c(=O)c12. The molecule has 0 spiro atoms. The lowest BCUT2D eigenvalue weighted by Gasteiger charge is -2.11. The van der Waals surface area contributed by atoms with Crippen LogP contribution in [0.2, 0.25) is 5.02 Å². The molecule has 0 aliphatic rings. The fraction of sp³-hybridized carbons (Fsp3) is 0.0500. The Labute approximate surface area is 176 Å². The zero-order chi connectivity index (χ0) is 21.4. The van der Waals surface area contributed by atoms with Crippen LogP contribution in [0.3, 0.4) is 0 Å². The van der Waals surface area contributed by atoms with Gasteiger partial charge in [-0.2, -0.15) is 0 Å². The van der Waals surface area contributed by atoms with Crippen LogP contribution in [0.25, 0.3) is 16.6 Å². The maximum atomic E-state index is 13.3. The molecule has 10 heteroatoms. The minimum atomic E-state index is -1.27. The van der Waals surface area contributed by atoms with Crippen LogP contribution in [-0.2, 0) is 6.61 Å². The molecule has 0 aliphatic heterocycles. The molecular formula is C20H12ClFN2O5S. The highest BCUT2D eigenvalue weighted by atomic mass is 35.5. The van der Waals surface area contributed by atoms with E-state index >= 15 is 0 Å². The zero-order valence-corrected chi connectivity index (χ0v) is 16.6. The van der Waals surface area contributed by atoms with Crippen molar-refractivity contribution in [3.8, 4) is 11.4 Å². The molecule has 0 bridgehead atoms. The summed E-state index contributed by atoms with van der Waals surface area (Å²) in [4.78, 5) is 39.2. The van der Waals surface area contributed by atoms with Crippen molar-refractivity contribution in [1.82, 2.24) is 9.55 Å². The van der Waals surface area contributed by atoms with Crippen LogP contribution >= 0.6 is 22.9 Å². The average molecular weight is 447 g/mol. The van der Waals surface area contributed by atoms with Gasteiger partial charge in [0.1, 0.15) is 23.1 Å². The molecule has 30 heavy (non-hydrogen) atoms. The van der Waals surface area contributed by atoms with Crippen LogP contribution in [0.4, 0.5) is 4.39 Å². The van der Waals surface area contributed by atoms with Crippen molar-refractivity contribution in [2.24, 2.45) is 0 Å². The third-order valence-corrected chi connectivity index (χ3v) is 5.59. The summed E-state index contributed by atoms with van der Waals surface area (Å²) in [5.74, 6) is -1.39. The molecule has 0 saturated heterocycles. The van der Waals surface area contributed by atoms with E-state index < -0.39 is 23.0 Å². The minimum absolute atomic E-state index is 0.0316. The molecule has 0 amide bonds. The fourth-order valence-corrected chi connectivity index (χ4v) is 3.99. The molecule has 2 N–H and O–H groups in total. The Morgan fingerprint density at radius 1 is 1.23 bits per heavy atom. The largest absolute Gasteiger partial charge is 0.489 e. The number of carbonyl (C=O) groups is 1. The normalized spacial score (nSPS) is 11.0. The number of H-pyrrole nitrogens is 1. The highest BCUT2D eigenvalue weighted by molar-refractivity contribution is 7.13. The maximum Gasteiger partial charge on any atom is 0.346 e. The second kappa shape index (κ2) is 7.77. The standard InChI is InChI=1S/C20H12ClFN2O5S/c21-13-5-4-12(29-8-10-2-1-3-11(22)6-10)7-15(13)24-18(25)16-14(23-20(24)28)9-30-17(16)19(26)27/h1-7,9H,8H2,(H,23,28)(H,26,27). The maximum absolute atomic E-state index is 13.3. The second-order valence-corrected chi connectivity index (χ2v) is 7.55. The van der Waals surface area contributed by atoms with Crippen molar-refractivity contribution >= 4 is 39.8 Å². The number of benzene rings is 2. The lowest BCUT2D eigenvalue weighted by molar-refractivity contribution is 0.0704. The number of rotatable bonds is 5. The highest BCUT2D eigenvalue weighted by Crippen LogP contribution is 2.26. The van der Waals surface area contributed by atoms with Crippen molar-refractivity contribution in [1.29, 1.82) is 0 Å². The van der Waals surface area contributed by atoms with E-state index in [4.69, 9.17) is 16.3 Å². The Kier molecular flexibility index (Phi) is 5.15. The number of carboxylic acids is 1. The van der Waals surface area contributed by atoms with Gasteiger partial charge in [-0.05, 0) is 29.8 Å². The van der Waals surface area contributed by atoms with E-state index in [1.165, 1.54) is 35.7 Å². The van der Waals surface area contributed by atoms with E-state index in [-0.39, 0.29) is 38.8 Å². The molecule has 7 nitrogen and oxygen atoms in total. The molecule has 0 fully saturated rings. The third-order valence-electron chi connectivity index (χ3n) is 4.30. The smallest absolute Gasteiger partial charge is 0.346 e. The van der Waals surface area contributed by atoms with Gasteiger partial charge in [0.15, 0.2) is 0 Å². The van der Waals surface area contributed by atoms with E-state index in [1.54, 1.807) is 12.1 Å². The third kappa shape index (κ3) is 3.60. The Morgan fingerprint density at radius 3 is 2.77 bits per heavy atom. The Balaban J connectivity index is 1.79. The number of nitrogens with one attached hydrogen (secondary N) is 1. The van der Waals surface area contributed by atoms with Crippen LogP contribution in [0.15, 0.2) is 57.4 Å². The lowest BCUT2D eigenvalue weighted by Crippen LogP contribution is -2.34. The second-order valence-electron chi connectivity index (χ2n) is 6.26. The topological polar surface area (TPSA) is 101 Å². The fourth-order valence-electron chi connectivity index (χ4n) is 2.96. The van der Waals surface area contributed by atoms with Gasteiger partial charge in [-0.1, -0.05) is 23.7 Å². The molecule has 2 heterocycles. The van der Waals surface area contributed by atoms with Crippen molar-refractivity contribution in [3.05, 3.63) is 90.0 Å². The van der Waals surface area contributed by atoms with Crippen molar-refractivity contribution in [2.75, 3.05) is 0 Å². The summed E-state index contributed by atoms with van der Waals surface area (Å²) in [6, 6.07) is 10.2. The number of aromatic carboxylic acids is 1. The molecule has 4 rings (SSSR count). The van der Waals surface area contributed by atoms with Gasteiger partial charge >= 0.3 is 11.7 Å². The van der Waals surface area contributed by atoms with E-state index in [0.717, 1.165) is 15.9 Å². The first kappa shape index (κ1) is 19.9. The van der Waals surface area contributed by atoms with E-state index in [0.29, 0.717) is 5.56 Å². The summed E-state index contributed by atoms with van der Waals surface area (Å²) < 4.78 is 19.7. The minimum Gasteiger partial charge on any atom is -0.489 e. The molecular weight excluding hydrogens is 435 g/mol. The molecule has 0 saturated carbocycles. The van der Waals surface area contributed by atoms with Crippen LogP contribution in [0.5, 0.6) is 5.75 Å². The number of aromatic nitrogens is 2. The van der Waals surface area contributed by atoms with Gasteiger partial charge in [0, 0.05) is 11.4 Å². The first-order chi connectivity index (χ1) is 14.3. The number of hydrogen-bond acceptors (Lipinski definition) is 5. The van der Waals surface area contributed by atoms with Gasteiger partial charge in [-0.3, -0.25) is 4.79 Å². The predicted molar refractivity (Wildman–Crippen MR) is 111 cm³/mol. The Hall–Kier alpha value is -3.43. The quantitative estimate of drug-likeness (QED) is 0.485. The van der Waals surface area contributed by atoms with E-state index in [9.17, 15) is 23.9 Å². The summed E-state index contributed by atoms with van der Waals surface area (Å²) in [5.41, 5.74) is -0.822. The number of carboxylic acid groups (broad SMARTS) is 1. The zero-order valence-electron chi connectivity index (χ0n) is 15.0. The van der Waals surface area contributed by atoms with Crippen molar-refractivity contribution < 1.29 is 19.0 Å². The summed E-state index contributed by atoms with van der Waals surface area (Å²) >= 11 is 7.05. The van der Waals surface area contributed by atoms with Gasteiger partial charge in [0.05, 0.1) is 21.6 Å². The van der Waals surface area contributed by atoms with Gasteiger partial charge in [-0.15, -0.1) is 11.3 Å². The summed E-state index contributed by atoms with van der Waals surface area (Å²) in [6.45, 7) is 0.0524. The first-order valence-electron chi connectivity index (χ1n) is 8.52. The van der Waals surface area contributed by atoms with E-state index in [1.807, 2.05) is 0 Å². The Morgan fingerprint density at radius 2 is 2.03 bits per heavy atom. The molecule has 0 atom stereocenters. The average Bonchev–Trinajstić information content (AvgIpc) is 3.12. The number of thiophene rings is 1. The van der Waals surface area contributed by atoms with Gasteiger partial charge < -0.3 is 14.8 Å². The van der Waals surface area contributed by atoms with Gasteiger partial charge in [0.2, 0.25) is 0 Å². The van der Waals surface area contributed by atoms with Crippen molar-refractivity contribution in [3.63, 3.8) is 0 Å². The number of halogens is 2. The van der Waals surface area contributed by atoms with Gasteiger partial charge in [0.25, 0.3) is 5.56 Å². The van der Waals surface area contributed by atoms with Crippen LogP contribution in [-0.4, -0.2) is 20.6 Å². The summed E-state index contributed by atoms with van der Waals surface area (Å²) in [5, 5.41) is 10.7. The highest BCUT2D eigenvalue weighted by Gasteiger charge is 2.20. The van der Waals surface area contributed by atoms with Crippen LogP contribution < -0.4 is 16.0 Å². The molecule has 0 aliphatic carbocycles. The van der Waals surface area contributed by atoms with E-state index in [2.05, 4.69) is 4.98 Å². The first-order valence-corrected chi connectivity index (χ1v) is 9.78. The molecule has 2 aromatic heterocycles. The monoisotopic (exact) mass is 446 g/mol. The lowest BCUT2D eigenvalue weighted by atomic mass is 10.2. The number of ether oxygens (including phenoxy) is 1. The number of aromatic amines is 1. The summed E-state index contributed by atoms with van der Waals surface area (Å²) in [7, 11) is 0. The Bertz CT molecular complexity index is 1410. The van der Waals surface area contributed by atoms with Crippen molar-refractivity contribution in [2.45, 2.75) is 6.61 Å². The molecule has 2 aromatic carbocycles. The number of nitrogens with zero attached hydrogens (tertiary/aromatic N) is 1. The van der Waals surface area contributed by atoms with Crippen LogP contribution in [0.1, 0.15) is 15.2 Å². The summed E-state index contributed by atoms with van der Waals surface area (Å²) in [6.07, 6.45) is 0. The predicted octanol–water partition coefficient (Wildman–Crippen LogP) is 3.81. The molecule has 0 unspecified atom stereocenters.